The molecule has 0 unspecified atom stereocenters. The summed E-state index contributed by atoms with van der Waals surface area (Å²) in [6.07, 6.45) is 2.15. The van der Waals surface area contributed by atoms with E-state index < -0.39 is 17.9 Å². The molecule has 3 N–H and O–H groups in total. The molecule has 0 fully saturated rings. The van der Waals surface area contributed by atoms with Crippen molar-refractivity contribution >= 4 is 46.8 Å². The van der Waals surface area contributed by atoms with Crippen LogP contribution in [-0.4, -0.2) is 40.1 Å². The van der Waals surface area contributed by atoms with Gasteiger partial charge in [0.2, 0.25) is 0 Å². The number of aromatic hydroxyl groups is 1. The van der Waals surface area contributed by atoms with Gasteiger partial charge in [-0.25, -0.2) is 4.79 Å². The number of carbonyl (C=O) groups is 2. The monoisotopic (exact) mass is 471 g/mol. The second-order valence-electron chi connectivity index (χ2n) is 6.89. The van der Waals surface area contributed by atoms with Crippen LogP contribution in [0.2, 0.25) is 10.0 Å². The molecular weight excluding hydrogens is 449 g/mol. The Balaban J connectivity index is 2.24. The van der Waals surface area contributed by atoms with Crippen LogP contribution in [0.5, 0.6) is 17.2 Å². The maximum absolute atomic E-state index is 12.5. The number of halogens is 2. The van der Waals surface area contributed by atoms with Crippen LogP contribution in [0.1, 0.15) is 42.1 Å². The van der Waals surface area contributed by atoms with E-state index in [2.05, 4.69) is 5.32 Å². The third kappa shape index (κ3) is 6.20. The maximum Gasteiger partial charge on any atom is 0.326 e. The fraction of sp³-hybridized carbons (Fsp3) is 0.333. The van der Waals surface area contributed by atoms with E-state index in [1.807, 2.05) is 20.1 Å². The minimum Gasteiger partial charge on any atom is -0.508 e. The van der Waals surface area contributed by atoms with Crippen LogP contribution in [0.25, 0.3) is 0 Å². The van der Waals surface area contributed by atoms with Crippen molar-refractivity contribution in [2.75, 3.05) is 12.0 Å². The van der Waals surface area contributed by atoms with Crippen molar-refractivity contribution in [2.24, 2.45) is 0 Å². The van der Waals surface area contributed by atoms with Gasteiger partial charge in [0, 0.05) is 11.1 Å². The first-order valence-electron chi connectivity index (χ1n) is 9.16. The summed E-state index contributed by atoms with van der Waals surface area (Å²) in [5, 5.41) is 21.9. The Kier molecular flexibility index (Phi) is 8.70. The van der Waals surface area contributed by atoms with Gasteiger partial charge >= 0.3 is 5.97 Å². The lowest BCUT2D eigenvalue weighted by Gasteiger charge is -2.16. The van der Waals surface area contributed by atoms with E-state index in [9.17, 15) is 19.8 Å². The molecule has 2 rings (SSSR count). The number of hydrogen-bond acceptors (Lipinski definition) is 5. The van der Waals surface area contributed by atoms with E-state index in [1.54, 1.807) is 12.1 Å². The normalized spacial score (nSPS) is 11.9. The number of ether oxygens (including phenoxy) is 1. The van der Waals surface area contributed by atoms with Crippen molar-refractivity contribution in [3.63, 3.8) is 0 Å². The van der Waals surface area contributed by atoms with Gasteiger partial charge in [0.25, 0.3) is 5.91 Å². The van der Waals surface area contributed by atoms with Crippen LogP contribution < -0.4 is 10.1 Å². The van der Waals surface area contributed by atoms with Gasteiger partial charge in [0.1, 0.15) is 17.5 Å². The van der Waals surface area contributed by atoms with E-state index in [0.29, 0.717) is 23.5 Å². The van der Waals surface area contributed by atoms with Gasteiger partial charge in [-0.15, -0.1) is 0 Å². The lowest BCUT2D eigenvalue weighted by atomic mass is 10.0. The molecule has 0 spiro atoms. The van der Waals surface area contributed by atoms with Gasteiger partial charge in [-0.2, -0.15) is 11.8 Å². The molecule has 0 saturated heterocycles. The summed E-state index contributed by atoms with van der Waals surface area (Å²) >= 11 is 14.1. The zero-order valence-electron chi connectivity index (χ0n) is 16.7. The summed E-state index contributed by atoms with van der Waals surface area (Å²) in [6.45, 7) is 3.88. The number of aliphatic carboxylic acids is 1. The van der Waals surface area contributed by atoms with Crippen molar-refractivity contribution in [1.82, 2.24) is 5.32 Å². The molecule has 2 aromatic rings. The smallest absolute Gasteiger partial charge is 0.326 e. The van der Waals surface area contributed by atoms with Crippen molar-refractivity contribution in [3.8, 4) is 17.2 Å². The highest BCUT2D eigenvalue weighted by Crippen LogP contribution is 2.39. The Hall–Kier alpha value is -2.09. The molecular formula is C21H23Cl2NO5S. The third-order valence-electron chi connectivity index (χ3n) is 4.32. The molecule has 162 valence electrons. The Morgan fingerprint density at radius 1 is 1.17 bits per heavy atom. The Labute approximate surface area is 189 Å². The number of hydrogen-bond donors (Lipinski definition) is 3. The minimum atomic E-state index is -1.11. The number of carboxylic acids is 1. The predicted molar refractivity (Wildman–Crippen MR) is 121 cm³/mol. The van der Waals surface area contributed by atoms with Crippen molar-refractivity contribution in [2.45, 2.75) is 32.2 Å². The first-order valence-corrected chi connectivity index (χ1v) is 11.3. The number of amides is 1. The summed E-state index contributed by atoms with van der Waals surface area (Å²) in [4.78, 5) is 23.8. The summed E-state index contributed by atoms with van der Waals surface area (Å²) in [7, 11) is 0. The van der Waals surface area contributed by atoms with Gasteiger partial charge < -0.3 is 20.3 Å². The fourth-order valence-corrected chi connectivity index (χ4v) is 3.74. The molecule has 0 saturated carbocycles. The summed E-state index contributed by atoms with van der Waals surface area (Å²) in [5.41, 5.74) is 0.835. The van der Waals surface area contributed by atoms with Crippen molar-refractivity contribution < 1.29 is 24.5 Å². The lowest BCUT2D eigenvalue weighted by Crippen LogP contribution is -2.41. The SMILES string of the molecule is CSCC[C@H](NC(=O)c1cc(Cl)c(Oc2ccc(O)c(C(C)C)c2)c(Cl)c1)C(=O)O. The van der Waals surface area contributed by atoms with Crippen LogP contribution in [0.15, 0.2) is 30.3 Å². The quantitative estimate of drug-likeness (QED) is 0.443. The fourth-order valence-electron chi connectivity index (χ4n) is 2.70. The standard InChI is InChI=1S/C21H23Cl2NO5S/c1-11(2)14-10-13(4-5-18(14)25)29-19-15(22)8-12(9-16(19)23)20(26)24-17(21(27)28)6-7-30-3/h4-5,8-11,17,25H,6-7H2,1-3H3,(H,24,26)(H,27,28)/t17-/m0/s1. The molecule has 0 radical (unpaired) electrons. The van der Waals surface area contributed by atoms with Crippen LogP contribution >= 0.6 is 35.0 Å². The van der Waals surface area contributed by atoms with Crippen molar-refractivity contribution in [3.05, 3.63) is 51.5 Å². The van der Waals surface area contributed by atoms with E-state index in [4.69, 9.17) is 27.9 Å². The van der Waals surface area contributed by atoms with Gasteiger partial charge in [0.15, 0.2) is 5.75 Å². The molecule has 0 aliphatic carbocycles. The third-order valence-corrected chi connectivity index (χ3v) is 5.52. The molecule has 9 heteroatoms. The van der Waals surface area contributed by atoms with E-state index in [0.717, 1.165) is 0 Å². The molecule has 0 aromatic heterocycles. The van der Waals surface area contributed by atoms with Gasteiger partial charge in [-0.05, 0) is 54.7 Å². The Morgan fingerprint density at radius 2 is 1.80 bits per heavy atom. The van der Waals surface area contributed by atoms with Crippen LogP contribution in [-0.2, 0) is 4.79 Å². The Bertz CT molecular complexity index is 913. The number of phenolic OH excluding ortho intramolecular Hbond substituents is 1. The second-order valence-corrected chi connectivity index (χ2v) is 8.69. The zero-order chi connectivity index (χ0) is 22.4. The molecule has 6 nitrogen and oxygen atoms in total. The van der Waals surface area contributed by atoms with E-state index in [-0.39, 0.29) is 33.0 Å². The molecule has 0 bridgehead atoms. The highest BCUT2D eigenvalue weighted by Gasteiger charge is 2.22. The van der Waals surface area contributed by atoms with Crippen molar-refractivity contribution in [1.29, 1.82) is 0 Å². The zero-order valence-corrected chi connectivity index (χ0v) is 19.1. The van der Waals surface area contributed by atoms with Gasteiger partial charge in [0.05, 0.1) is 10.0 Å². The number of nitrogens with one attached hydrogen (secondary N) is 1. The average molecular weight is 472 g/mol. The number of carbonyl (C=O) groups excluding carboxylic acids is 1. The number of thioether (sulfide) groups is 1. The summed E-state index contributed by atoms with van der Waals surface area (Å²) < 4.78 is 5.79. The molecule has 0 aliphatic rings. The second kappa shape index (κ2) is 10.8. The van der Waals surface area contributed by atoms with Gasteiger partial charge in [-0.1, -0.05) is 37.0 Å². The molecule has 1 amide bonds. The first-order chi connectivity index (χ1) is 14.1. The first kappa shape index (κ1) is 24.2. The molecule has 1 atom stereocenters. The van der Waals surface area contributed by atoms with Crippen LogP contribution in [0.4, 0.5) is 0 Å². The minimum absolute atomic E-state index is 0.0823. The van der Waals surface area contributed by atoms with E-state index >= 15 is 0 Å². The van der Waals surface area contributed by atoms with Crippen LogP contribution in [0, 0.1) is 0 Å². The number of carboxylic acid groups (broad SMARTS) is 1. The molecule has 0 heterocycles. The highest BCUT2D eigenvalue weighted by molar-refractivity contribution is 7.98. The summed E-state index contributed by atoms with van der Waals surface area (Å²) in [5.74, 6) is -0.271. The number of rotatable bonds is 9. The summed E-state index contributed by atoms with van der Waals surface area (Å²) in [6, 6.07) is 6.53. The Morgan fingerprint density at radius 3 is 2.33 bits per heavy atom. The largest absolute Gasteiger partial charge is 0.508 e. The lowest BCUT2D eigenvalue weighted by molar-refractivity contribution is -0.139. The average Bonchev–Trinajstić information content (AvgIpc) is 2.68. The molecule has 2 aromatic carbocycles. The predicted octanol–water partition coefficient (Wildman–Crippen LogP) is 5.55. The number of phenols is 1. The highest BCUT2D eigenvalue weighted by atomic mass is 35.5. The topological polar surface area (TPSA) is 95.9 Å². The molecule has 0 aliphatic heterocycles. The van der Waals surface area contributed by atoms with Crippen LogP contribution in [0.3, 0.4) is 0 Å². The van der Waals surface area contributed by atoms with Gasteiger partial charge in [-0.3, -0.25) is 4.79 Å². The molecule has 30 heavy (non-hydrogen) atoms. The van der Waals surface area contributed by atoms with E-state index in [1.165, 1.54) is 30.0 Å². The number of benzene rings is 2. The maximum atomic E-state index is 12.5.